The van der Waals surface area contributed by atoms with Crippen LogP contribution < -0.4 is 10.6 Å². The van der Waals surface area contributed by atoms with Crippen molar-refractivity contribution < 1.29 is 4.79 Å². The van der Waals surface area contributed by atoms with Crippen LogP contribution in [0.15, 0.2) is 42.6 Å². The molecule has 0 aliphatic carbocycles. The highest BCUT2D eigenvalue weighted by Crippen LogP contribution is 2.01. The maximum atomic E-state index is 11.1. The van der Waals surface area contributed by atoms with Gasteiger partial charge >= 0.3 is 6.03 Å². The SMILES string of the molecule is C/C=C/NC(=O)NCCCc1ccccc1. The Balaban J connectivity index is 2.10. The molecule has 86 valence electrons. The Bertz CT molecular complexity index is 333. The molecule has 0 fully saturated rings. The number of rotatable bonds is 5. The Kier molecular flexibility index (Phi) is 5.78. The van der Waals surface area contributed by atoms with Gasteiger partial charge < -0.3 is 10.6 Å². The molecule has 3 nitrogen and oxygen atoms in total. The van der Waals surface area contributed by atoms with Crippen LogP contribution in [0.2, 0.25) is 0 Å². The predicted octanol–water partition coefficient (Wildman–Crippen LogP) is 2.45. The van der Waals surface area contributed by atoms with E-state index in [9.17, 15) is 4.79 Å². The summed E-state index contributed by atoms with van der Waals surface area (Å²) < 4.78 is 0. The van der Waals surface area contributed by atoms with E-state index in [1.807, 2.05) is 25.1 Å². The van der Waals surface area contributed by atoms with Gasteiger partial charge in [-0.15, -0.1) is 0 Å². The summed E-state index contributed by atoms with van der Waals surface area (Å²) in [6, 6.07) is 10.1. The highest BCUT2D eigenvalue weighted by atomic mass is 16.2. The van der Waals surface area contributed by atoms with Crippen molar-refractivity contribution in [3.8, 4) is 0 Å². The number of allylic oxidation sites excluding steroid dienone is 1. The molecule has 0 aliphatic heterocycles. The number of amides is 2. The van der Waals surface area contributed by atoms with E-state index in [0.29, 0.717) is 6.54 Å². The van der Waals surface area contributed by atoms with E-state index in [0.717, 1.165) is 12.8 Å². The highest BCUT2D eigenvalue weighted by Gasteiger charge is 1.96. The molecular formula is C13H18N2O. The molecule has 2 N–H and O–H groups in total. The van der Waals surface area contributed by atoms with E-state index in [1.54, 1.807) is 12.3 Å². The summed E-state index contributed by atoms with van der Waals surface area (Å²) in [5, 5.41) is 5.39. The van der Waals surface area contributed by atoms with Crippen molar-refractivity contribution in [1.29, 1.82) is 0 Å². The molecule has 0 atom stereocenters. The number of hydrogen-bond donors (Lipinski definition) is 2. The molecule has 1 aromatic carbocycles. The van der Waals surface area contributed by atoms with Crippen LogP contribution >= 0.6 is 0 Å². The number of carbonyl (C=O) groups is 1. The Morgan fingerprint density at radius 2 is 2.06 bits per heavy atom. The van der Waals surface area contributed by atoms with Gasteiger partial charge in [-0.1, -0.05) is 36.4 Å². The summed E-state index contributed by atoms with van der Waals surface area (Å²) >= 11 is 0. The first-order valence-corrected chi connectivity index (χ1v) is 5.52. The average molecular weight is 218 g/mol. The second kappa shape index (κ2) is 7.51. The number of aryl methyl sites for hydroxylation is 1. The lowest BCUT2D eigenvalue weighted by Gasteiger charge is -2.04. The molecular weight excluding hydrogens is 200 g/mol. The molecule has 0 heterocycles. The Morgan fingerprint density at radius 3 is 2.75 bits per heavy atom. The molecule has 16 heavy (non-hydrogen) atoms. The van der Waals surface area contributed by atoms with E-state index in [1.165, 1.54) is 5.56 Å². The molecule has 0 saturated carbocycles. The monoisotopic (exact) mass is 218 g/mol. The number of hydrogen-bond acceptors (Lipinski definition) is 1. The zero-order valence-electron chi connectivity index (χ0n) is 9.57. The van der Waals surface area contributed by atoms with Crippen molar-refractivity contribution in [3.05, 3.63) is 48.2 Å². The Morgan fingerprint density at radius 1 is 1.31 bits per heavy atom. The fraction of sp³-hybridized carbons (Fsp3) is 0.308. The zero-order chi connectivity index (χ0) is 11.6. The summed E-state index contributed by atoms with van der Waals surface area (Å²) in [6.07, 6.45) is 5.34. The van der Waals surface area contributed by atoms with Gasteiger partial charge in [-0.25, -0.2) is 4.79 Å². The third-order valence-corrected chi connectivity index (χ3v) is 2.15. The minimum atomic E-state index is -0.147. The molecule has 0 aliphatic rings. The van der Waals surface area contributed by atoms with Crippen molar-refractivity contribution in [2.45, 2.75) is 19.8 Å². The molecule has 0 radical (unpaired) electrons. The Labute approximate surface area is 96.6 Å². The highest BCUT2D eigenvalue weighted by molar-refractivity contribution is 5.74. The van der Waals surface area contributed by atoms with Crippen LogP contribution in [0.25, 0.3) is 0 Å². The summed E-state index contributed by atoms with van der Waals surface area (Å²) in [4.78, 5) is 11.1. The van der Waals surface area contributed by atoms with Crippen LogP contribution in [-0.4, -0.2) is 12.6 Å². The van der Waals surface area contributed by atoms with Gasteiger partial charge in [0.1, 0.15) is 0 Å². The standard InChI is InChI=1S/C13H18N2O/c1-2-10-14-13(16)15-11-6-9-12-7-4-3-5-8-12/h2-5,7-8,10H,6,9,11H2,1H3,(H2,14,15,16)/b10-2+. The maximum Gasteiger partial charge on any atom is 0.318 e. The molecule has 1 rings (SSSR count). The van der Waals surface area contributed by atoms with Crippen molar-refractivity contribution >= 4 is 6.03 Å². The largest absolute Gasteiger partial charge is 0.338 e. The van der Waals surface area contributed by atoms with Crippen LogP contribution in [0.1, 0.15) is 18.9 Å². The Hall–Kier alpha value is -1.77. The lowest BCUT2D eigenvalue weighted by Crippen LogP contribution is -2.32. The maximum absolute atomic E-state index is 11.1. The summed E-state index contributed by atoms with van der Waals surface area (Å²) in [6.45, 7) is 2.55. The molecule has 0 unspecified atom stereocenters. The minimum Gasteiger partial charge on any atom is -0.338 e. The first kappa shape index (κ1) is 12.3. The van der Waals surface area contributed by atoms with Crippen molar-refractivity contribution in [3.63, 3.8) is 0 Å². The lowest BCUT2D eigenvalue weighted by molar-refractivity contribution is 0.244. The summed E-state index contributed by atoms with van der Waals surface area (Å²) in [5.74, 6) is 0. The van der Waals surface area contributed by atoms with E-state index in [4.69, 9.17) is 0 Å². The van der Waals surface area contributed by atoms with Gasteiger partial charge in [-0.3, -0.25) is 0 Å². The van der Waals surface area contributed by atoms with Crippen LogP contribution in [0.4, 0.5) is 4.79 Å². The normalized spacial score (nSPS) is 10.3. The van der Waals surface area contributed by atoms with Gasteiger partial charge in [0.2, 0.25) is 0 Å². The average Bonchev–Trinajstić information content (AvgIpc) is 2.33. The number of carbonyl (C=O) groups excluding carboxylic acids is 1. The van der Waals surface area contributed by atoms with Crippen molar-refractivity contribution in [2.75, 3.05) is 6.54 Å². The van der Waals surface area contributed by atoms with Gasteiger partial charge in [-0.2, -0.15) is 0 Å². The molecule has 0 spiro atoms. The predicted molar refractivity (Wildman–Crippen MR) is 66.1 cm³/mol. The van der Waals surface area contributed by atoms with E-state index in [2.05, 4.69) is 22.8 Å². The first-order valence-electron chi connectivity index (χ1n) is 5.52. The third kappa shape index (κ3) is 5.20. The molecule has 0 bridgehead atoms. The van der Waals surface area contributed by atoms with E-state index < -0.39 is 0 Å². The summed E-state index contributed by atoms with van der Waals surface area (Å²) in [7, 11) is 0. The molecule has 0 aromatic heterocycles. The smallest absolute Gasteiger partial charge is 0.318 e. The minimum absolute atomic E-state index is 0.147. The summed E-state index contributed by atoms with van der Waals surface area (Å²) in [5.41, 5.74) is 1.30. The van der Waals surface area contributed by atoms with E-state index >= 15 is 0 Å². The second-order valence-electron chi connectivity index (χ2n) is 3.49. The topological polar surface area (TPSA) is 41.1 Å². The van der Waals surface area contributed by atoms with Gasteiger partial charge in [0.05, 0.1) is 0 Å². The third-order valence-electron chi connectivity index (χ3n) is 2.15. The van der Waals surface area contributed by atoms with Crippen LogP contribution in [0.5, 0.6) is 0 Å². The zero-order valence-corrected chi connectivity index (χ0v) is 9.57. The van der Waals surface area contributed by atoms with E-state index in [-0.39, 0.29) is 6.03 Å². The van der Waals surface area contributed by atoms with Crippen molar-refractivity contribution in [1.82, 2.24) is 10.6 Å². The fourth-order valence-corrected chi connectivity index (χ4v) is 1.35. The van der Waals surface area contributed by atoms with Gasteiger partial charge in [0, 0.05) is 12.7 Å². The number of urea groups is 1. The number of nitrogens with one attached hydrogen (secondary N) is 2. The fourth-order valence-electron chi connectivity index (χ4n) is 1.35. The number of benzene rings is 1. The van der Waals surface area contributed by atoms with Crippen LogP contribution in [-0.2, 0) is 6.42 Å². The molecule has 2 amide bonds. The lowest BCUT2D eigenvalue weighted by atomic mass is 10.1. The van der Waals surface area contributed by atoms with Crippen LogP contribution in [0.3, 0.4) is 0 Å². The van der Waals surface area contributed by atoms with Crippen LogP contribution in [0, 0.1) is 0 Å². The van der Waals surface area contributed by atoms with Gasteiger partial charge in [0.25, 0.3) is 0 Å². The van der Waals surface area contributed by atoms with Crippen molar-refractivity contribution in [2.24, 2.45) is 0 Å². The first-order chi connectivity index (χ1) is 7.83. The van der Waals surface area contributed by atoms with Gasteiger partial charge in [0.15, 0.2) is 0 Å². The van der Waals surface area contributed by atoms with Gasteiger partial charge in [-0.05, 0) is 25.3 Å². The molecule has 1 aromatic rings. The molecule has 3 heteroatoms. The molecule has 0 saturated heterocycles. The second-order valence-corrected chi connectivity index (χ2v) is 3.49. The quantitative estimate of drug-likeness (QED) is 0.732.